The number of carbonyl (C=O) groups is 1. The Balaban J connectivity index is 1.50. The van der Waals surface area contributed by atoms with E-state index in [0.29, 0.717) is 18.0 Å². The van der Waals surface area contributed by atoms with Crippen LogP contribution in [0.5, 0.6) is 0 Å². The van der Waals surface area contributed by atoms with Gasteiger partial charge in [-0.05, 0) is 36.6 Å². The van der Waals surface area contributed by atoms with Gasteiger partial charge in [-0.15, -0.1) is 11.3 Å². The molecule has 1 atom stereocenters. The smallest absolute Gasteiger partial charge is 0.232 e. The highest BCUT2D eigenvalue weighted by Crippen LogP contribution is 2.37. The maximum Gasteiger partial charge on any atom is 0.232 e. The van der Waals surface area contributed by atoms with E-state index in [4.69, 9.17) is 0 Å². The van der Waals surface area contributed by atoms with Crippen molar-refractivity contribution in [3.63, 3.8) is 0 Å². The first-order valence-corrected chi connectivity index (χ1v) is 12.0. The van der Waals surface area contributed by atoms with Gasteiger partial charge in [-0.3, -0.25) is 9.10 Å². The van der Waals surface area contributed by atoms with E-state index in [-0.39, 0.29) is 11.9 Å². The molecule has 1 amide bonds. The van der Waals surface area contributed by atoms with Crippen molar-refractivity contribution in [3.05, 3.63) is 65.0 Å². The SMILES string of the molecule is C[C@H]1Cc2cc(-c3csc(NC(=O)Cc4ccccc4)n3)ccc2N1S(C)(=O)=O. The Morgan fingerprint density at radius 2 is 2.00 bits per heavy atom. The molecule has 0 fully saturated rings. The number of hydrogen-bond acceptors (Lipinski definition) is 5. The monoisotopic (exact) mass is 427 g/mol. The number of anilines is 2. The fourth-order valence-electron chi connectivity index (χ4n) is 3.68. The van der Waals surface area contributed by atoms with E-state index in [2.05, 4.69) is 10.3 Å². The highest BCUT2D eigenvalue weighted by atomic mass is 32.2. The molecule has 8 heteroatoms. The van der Waals surface area contributed by atoms with Crippen LogP contribution in [0, 0.1) is 0 Å². The van der Waals surface area contributed by atoms with Crippen molar-refractivity contribution in [2.45, 2.75) is 25.8 Å². The minimum atomic E-state index is -3.31. The van der Waals surface area contributed by atoms with Gasteiger partial charge in [-0.25, -0.2) is 13.4 Å². The van der Waals surface area contributed by atoms with Gasteiger partial charge in [0, 0.05) is 17.0 Å². The Kier molecular flexibility index (Phi) is 5.14. The van der Waals surface area contributed by atoms with Gasteiger partial charge in [0.1, 0.15) is 0 Å². The number of fused-ring (bicyclic) bond motifs is 1. The van der Waals surface area contributed by atoms with E-state index in [0.717, 1.165) is 28.1 Å². The van der Waals surface area contributed by atoms with Crippen LogP contribution in [0.1, 0.15) is 18.1 Å². The van der Waals surface area contributed by atoms with Gasteiger partial charge in [0.05, 0.1) is 24.1 Å². The molecule has 1 N–H and O–H groups in total. The second-order valence-electron chi connectivity index (χ2n) is 7.20. The fourth-order valence-corrected chi connectivity index (χ4v) is 5.68. The number of benzene rings is 2. The molecular weight excluding hydrogens is 406 g/mol. The first-order chi connectivity index (χ1) is 13.8. The van der Waals surface area contributed by atoms with Crippen molar-refractivity contribution >= 4 is 38.1 Å². The van der Waals surface area contributed by atoms with Gasteiger partial charge in [0.15, 0.2) is 5.13 Å². The number of carbonyl (C=O) groups excluding carboxylic acids is 1. The third-order valence-corrected chi connectivity index (χ3v) is 6.87. The Labute approximate surface area is 174 Å². The molecule has 0 radical (unpaired) electrons. The number of nitrogens with zero attached hydrogens (tertiary/aromatic N) is 2. The van der Waals surface area contributed by atoms with E-state index >= 15 is 0 Å². The van der Waals surface area contributed by atoms with Gasteiger partial charge in [-0.1, -0.05) is 36.4 Å². The van der Waals surface area contributed by atoms with Crippen LogP contribution in [0.2, 0.25) is 0 Å². The molecule has 0 aliphatic carbocycles. The zero-order valence-electron chi connectivity index (χ0n) is 16.1. The van der Waals surface area contributed by atoms with Crippen LogP contribution in [0.3, 0.4) is 0 Å². The second kappa shape index (κ2) is 7.61. The van der Waals surface area contributed by atoms with Crippen LogP contribution in [0.4, 0.5) is 10.8 Å². The van der Waals surface area contributed by atoms with E-state index < -0.39 is 10.0 Å². The number of hydrogen-bond donors (Lipinski definition) is 1. The van der Waals surface area contributed by atoms with Crippen LogP contribution in [-0.2, 0) is 27.7 Å². The average molecular weight is 428 g/mol. The Morgan fingerprint density at radius 3 is 2.72 bits per heavy atom. The van der Waals surface area contributed by atoms with Crippen LogP contribution < -0.4 is 9.62 Å². The highest BCUT2D eigenvalue weighted by Gasteiger charge is 2.32. The fraction of sp³-hybridized carbons (Fsp3) is 0.238. The lowest BCUT2D eigenvalue weighted by atomic mass is 10.1. The van der Waals surface area contributed by atoms with Gasteiger partial charge < -0.3 is 5.32 Å². The van der Waals surface area contributed by atoms with Gasteiger partial charge >= 0.3 is 0 Å². The Hall–Kier alpha value is -2.71. The molecule has 4 rings (SSSR count). The van der Waals surface area contributed by atoms with E-state index in [9.17, 15) is 13.2 Å². The Morgan fingerprint density at radius 1 is 1.24 bits per heavy atom. The lowest BCUT2D eigenvalue weighted by Crippen LogP contribution is -2.34. The lowest BCUT2D eigenvalue weighted by Gasteiger charge is -2.21. The van der Waals surface area contributed by atoms with Gasteiger partial charge in [0.25, 0.3) is 0 Å². The van der Waals surface area contributed by atoms with Crippen LogP contribution in [0.15, 0.2) is 53.9 Å². The normalized spacial score (nSPS) is 15.9. The molecule has 0 bridgehead atoms. The molecular formula is C21H21N3O3S2. The zero-order valence-corrected chi connectivity index (χ0v) is 17.8. The van der Waals surface area contributed by atoms with E-state index in [1.807, 2.05) is 60.8 Å². The standard InChI is InChI=1S/C21H21N3O3S2/c1-14-10-17-12-16(8-9-19(17)24(14)29(2,26)27)18-13-28-21(22-18)23-20(25)11-15-6-4-3-5-7-15/h3-9,12-14H,10-11H2,1-2H3,(H,22,23,25)/t14-/m0/s1. The average Bonchev–Trinajstić information content (AvgIpc) is 3.24. The van der Waals surface area contributed by atoms with Crippen molar-refractivity contribution in [1.82, 2.24) is 4.98 Å². The summed E-state index contributed by atoms with van der Waals surface area (Å²) in [5.74, 6) is -0.108. The largest absolute Gasteiger partial charge is 0.302 e. The molecule has 3 aromatic rings. The second-order valence-corrected chi connectivity index (χ2v) is 9.92. The van der Waals surface area contributed by atoms with Crippen LogP contribution in [0.25, 0.3) is 11.3 Å². The number of thiazole rings is 1. The summed E-state index contributed by atoms with van der Waals surface area (Å²) in [6.07, 6.45) is 2.20. The maximum atomic E-state index is 12.2. The number of aromatic nitrogens is 1. The molecule has 0 unspecified atom stereocenters. The van der Waals surface area contributed by atoms with Gasteiger partial charge in [-0.2, -0.15) is 0 Å². The molecule has 1 aliphatic heterocycles. The first kappa shape index (κ1) is 19.6. The Bertz CT molecular complexity index is 1160. The molecule has 6 nitrogen and oxygen atoms in total. The van der Waals surface area contributed by atoms with E-state index in [1.165, 1.54) is 21.9 Å². The predicted octanol–water partition coefficient (Wildman–Crippen LogP) is 3.70. The molecule has 0 saturated heterocycles. The zero-order chi connectivity index (χ0) is 20.6. The summed E-state index contributed by atoms with van der Waals surface area (Å²) in [4.78, 5) is 16.8. The molecule has 2 aromatic carbocycles. The topological polar surface area (TPSA) is 79.4 Å². The highest BCUT2D eigenvalue weighted by molar-refractivity contribution is 7.92. The van der Waals surface area contributed by atoms with Crippen molar-refractivity contribution in [2.24, 2.45) is 0 Å². The van der Waals surface area contributed by atoms with Gasteiger partial charge in [0.2, 0.25) is 15.9 Å². The van der Waals surface area contributed by atoms with Crippen molar-refractivity contribution in [2.75, 3.05) is 15.9 Å². The summed E-state index contributed by atoms with van der Waals surface area (Å²) in [6.45, 7) is 1.91. The molecule has 0 spiro atoms. The number of nitrogens with one attached hydrogen (secondary N) is 1. The number of rotatable bonds is 5. The minimum Gasteiger partial charge on any atom is -0.302 e. The summed E-state index contributed by atoms with van der Waals surface area (Å²) in [6, 6.07) is 15.2. The summed E-state index contributed by atoms with van der Waals surface area (Å²) in [5, 5.41) is 5.29. The summed E-state index contributed by atoms with van der Waals surface area (Å²) in [5.41, 5.74) is 4.34. The molecule has 150 valence electrons. The predicted molar refractivity (Wildman–Crippen MR) is 117 cm³/mol. The number of amides is 1. The third-order valence-electron chi connectivity index (χ3n) is 4.84. The van der Waals surface area contributed by atoms with E-state index in [1.54, 1.807) is 0 Å². The molecule has 0 saturated carbocycles. The molecule has 29 heavy (non-hydrogen) atoms. The maximum absolute atomic E-state index is 12.2. The molecule has 2 heterocycles. The molecule has 1 aromatic heterocycles. The minimum absolute atomic E-state index is 0.0986. The number of sulfonamides is 1. The first-order valence-electron chi connectivity index (χ1n) is 9.23. The molecule has 1 aliphatic rings. The quantitative estimate of drug-likeness (QED) is 0.673. The van der Waals surface area contributed by atoms with Crippen molar-refractivity contribution < 1.29 is 13.2 Å². The summed E-state index contributed by atoms with van der Waals surface area (Å²) in [7, 11) is -3.31. The summed E-state index contributed by atoms with van der Waals surface area (Å²) < 4.78 is 25.6. The summed E-state index contributed by atoms with van der Waals surface area (Å²) >= 11 is 1.37. The van der Waals surface area contributed by atoms with Crippen molar-refractivity contribution in [1.29, 1.82) is 0 Å². The lowest BCUT2D eigenvalue weighted by molar-refractivity contribution is -0.115. The van der Waals surface area contributed by atoms with Crippen LogP contribution in [-0.4, -0.2) is 31.6 Å². The van der Waals surface area contributed by atoms with Crippen LogP contribution >= 0.6 is 11.3 Å². The van der Waals surface area contributed by atoms with Crippen molar-refractivity contribution in [3.8, 4) is 11.3 Å². The third kappa shape index (κ3) is 4.18.